The molecule has 2 unspecified atom stereocenters. The molecule has 0 spiro atoms. The van der Waals surface area contributed by atoms with Gasteiger partial charge in [-0.3, -0.25) is 19.4 Å². The van der Waals surface area contributed by atoms with E-state index in [4.69, 9.17) is 5.73 Å². The number of carbonyl (C=O) groups excluding carboxylic acids is 3. The van der Waals surface area contributed by atoms with Crippen LogP contribution in [-0.4, -0.2) is 51.9 Å². The van der Waals surface area contributed by atoms with Crippen LogP contribution in [0, 0.1) is 17.3 Å². The van der Waals surface area contributed by atoms with E-state index in [9.17, 15) is 14.4 Å². The molecule has 1 saturated carbocycles. The molecule has 0 aromatic carbocycles. The first-order chi connectivity index (χ1) is 15.1. The van der Waals surface area contributed by atoms with Crippen LogP contribution in [0.4, 0.5) is 5.69 Å². The van der Waals surface area contributed by atoms with Gasteiger partial charge < -0.3 is 21.4 Å². The van der Waals surface area contributed by atoms with Crippen LogP contribution in [0.3, 0.4) is 0 Å². The van der Waals surface area contributed by atoms with Crippen LogP contribution in [0.5, 0.6) is 0 Å². The highest BCUT2D eigenvalue weighted by molar-refractivity contribution is 6.39. The molecule has 3 amide bonds. The predicted molar refractivity (Wildman–Crippen MR) is 121 cm³/mol. The van der Waals surface area contributed by atoms with E-state index in [1.807, 2.05) is 6.21 Å². The number of likely N-dealkylation sites (tertiary alicyclic amines) is 1. The lowest BCUT2D eigenvalue weighted by Crippen LogP contribution is -2.65. The number of piperidine rings is 1. The predicted octanol–water partition coefficient (Wildman–Crippen LogP) is 1.90. The minimum Gasteiger partial charge on any atom is -0.366 e. The maximum atomic E-state index is 13.5. The average molecular weight is 441 g/mol. The SMILES string of the molecule is C[C@@H]1CC[C@@](C)([C@]2(C)CCC3NN=CC3C2)N(C(=O)C(=O)Nc2cncc(C(N)=O)c2)C1. The number of nitrogens with one attached hydrogen (secondary N) is 2. The Kier molecular flexibility index (Phi) is 5.68. The fraction of sp³-hybridized carbons (Fsp3) is 0.609. The maximum Gasteiger partial charge on any atom is 0.313 e. The van der Waals surface area contributed by atoms with E-state index in [1.165, 1.54) is 18.5 Å². The van der Waals surface area contributed by atoms with Crippen LogP contribution in [0.2, 0.25) is 0 Å². The molecule has 3 heterocycles. The summed E-state index contributed by atoms with van der Waals surface area (Å²) in [5.41, 5.74) is 8.36. The number of aromatic nitrogens is 1. The Hall–Kier alpha value is -2.97. The van der Waals surface area contributed by atoms with Crippen LogP contribution in [0.15, 0.2) is 23.6 Å². The van der Waals surface area contributed by atoms with Gasteiger partial charge in [-0.1, -0.05) is 13.8 Å². The number of hydrazone groups is 1. The molecule has 4 N–H and O–H groups in total. The standard InChI is InChI=1S/C23H32N6O3/c1-14-4-7-23(3,22(2)6-5-18-16(9-22)11-26-28-18)29(13-14)21(32)20(31)27-17-8-15(19(24)30)10-25-12-17/h8,10-12,14,16,18,28H,4-7,9,13H2,1-3H3,(H2,24,30)(H,27,31)/t14-,16?,18?,22-,23+/m1/s1. The molecule has 1 aliphatic carbocycles. The number of rotatable bonds is 3. The quantitative estimate of drug-likeness (QED) is 0.618. The van der Waals surface area contributed by atoms with Gasteiger partial charge in [-0.2, -0.15) is 5.10 Å². The largest absolute Gasteiger partial charge is 0.366 e. The molecule has 4 rings (SSSR count). The van der Waals surface area contributed by atoms with Crippen LogP contribution in [-0.2, 0) is 9.59 Å². The number of hydrogen-bond donors (Lipinski definition) is 3. The van der Waals surface area contributed by atoms with Crippen molar-refractivity contribution in [1.82, 2.24) is 15.3 Å². The monoisotopic (exact) mass is 440 g/mol. The van der Waals surface area contributed by atoms with Crippen LogP contribution < -0.4 is 16.5 Å². The van der Waals surface area contributed by atoms with Crippen molar-refractivity contribution in [3.05, 3.63) is 24.0 Å². The van der Waals surface area contributed by atoms with Gasteiger partial charge >= 0.3 is 11.8 Å². The number of hydrogen-bond acceptors (Lipinski definition) is 6. The lowest BCUT2D eigenvalue weighted by Gasteiger charge is -2.58. The van der Waals surface area contributed by atoms with E-state index in [0.717, 1.165) is 32.1 Å². The zero-order valence-corrected chi connectivity index (χ0v) is 18.9. The Balaban J connectivity index is 1.57. The second kappa shape index (κ2) is 8.18. The van der Waals surface area contributed by atoms with Gasteiger partial charge in [-0.15, -0.1) is 0 Å². The number of fused-ring (bicyclic) bond motifs is 1. The Morgan fingerprint density at radius 2 is 2.00 bits per heavy atom. The van der Waals surface area contributed by atoms with Crippen molar-refractivity contribution in [2.45, 2.75) is 64.5 Å². The Morgan fingerprint density at radius 3 is 2.75 bits per heavy atom. The van der Waals surface area contributed by atoms with Crippen LogP contribution in [0.25, 0.3) is 0 Å². The lowest BCUT2D eigenvalue weighted by molar-refractivity contribution is -0.158. The average Bonchev–Trinajstić information content (AvgIpc) is 3.22. The highest BCUT2D eigenvalue weighted by Crippen LogP contribution is 2.53. The molecule has 5 atom stereocenters. The number of primary amides is 1. The second-order valence-electron chi connectivity index (χ2n) is 10.1. The lowest BCUT2D eigenvalue weighted by atomic mass is 9.57. The highest BCUT2D eigenvalue weighted by atomic mass is 16.2. The van der Waals surface area contributed by atoms with E-state index < -0.39 is 23.3 Å². The number of anilines is 1. The topological polar surface area (TPSA) is 130 Å². The maximum absolute atomic E-state index is 13.5. The number of nitrogens with zero attached hydrogens (tertiary/aromatic N) is 3. The van der Waals surface area contributed by atoms with Gasteiger partial charge in [0.25, 0.3) is 0 Å². The molecular weight excluding hydrogens is 408 g/mol. The minimum absolute atomic E-state index is 0.129. The van der Waals surface area contributed by atoms with Crippen molar-refractivity contribution in [2.24, 2.45) is 28.1 Å². The molecule has 0 bridgehead atoms. The van der Waals surface area contributed by atoms with Gasteiger partial charge in [0.05, 0.1) is 23.5 Å². The molecule has 9 heteroatoms. The molecule has 32 heavy (non-hydrogen) atoms. The van der Waals surface area contributed by atoms with Crippen LogP contribution in [0.1, 0.15) is 63.2 Å². The van der Waals surface area contributed by atoms with Gasteiger partial charge in [0, 0.05) is 30.4 Å². The highest BCUT2D eigenvalue weighted by Gasteiger charge is 2.55. The molecule has 2 aliphatic heterocycles. The summed E-state index contributed by atoms with van der Waals surface area (Å²) in [6.07, 6.45) is 9.46. The molecule has 9 nitrogen and oxygen atoms in total. The second-order valence-corrected chi connectivity index (χ2v) is 10.1. The van der Waals surface area contributed by atoms with Crippen LogP contribution >= 0.6 is 0 Å². The van der Waals surface area contributed by atoms with E-state index in [2.05, 4.69) is 41.6 Å². The third kappa shape index (κ3) is 3.84. The summed E-state index contributed by atoms with van der Waals surface area (Å²) in [6.45, 7) is 7.05. The zero-order valence-electron chi connectivity index (χ0n) is 18.9. The van der Waals surface area contributed by atoms with Gasteiger partial charge in [-0.25, -0.2) is 0 Å². The number of nitrogens with two attached hydrogens (primary N) is 1. The smallest absolute Gasteiger partial charge is 0.313 e. The molecule has 3 aliphatic rings. The normalized spacial score (nSPS) is 33.8. The molecule has 0 radical (unpaired) electrons. The first kappa shape index (κ1) is 22.2. The van der Waals surface area contributed by atoms with E-state index in [1.54, 1.807) is 4.90 Å². The van der Waals surface area contributed by atoms with Crippen molar-refractivity contribution >= 4 is 29.6 Å². The Labute approximate surface area is 188 Å². The third-order valence-corrected chi connectivity index (χ3v) is 7.95. The van der Waals surface area contributed by atoms with Crippen molar-refractivity contribution in [3.63, 3.8) is 0 Å². The van der Waals surface area contributed by atoms with Crippen molar-refractivity contribution in [3.8, 4) is 0 Å². The minimum atomic E-state index is -0.727. The molecule has 1 saturated heterocycles. The molecular formula is C23H32N6O3. The van der Waals surface area contributed by atoms with Gasteiger partial charge in [0.1, 0.15) is 0 Å². The van der Waals surface area contributed by atoms with Gasteiger partial charge in [0.15, 0.2) is 0 Å². The third-order valence-electron chi connectivity index (χ3n) is 7.95. The van der Waals surface area contributed by atoms with E-state index in [-0.39, 0.29) is 16.7 Å². The zero-order chi connectivity index (χ0) is 23.1. The molecule has 1 aromatic heterocycles. The summed E-state index contributed by atoms with van der Waals surface area (Å²) in [7, 11) is 0. The summed E-state index contributed by atoms with van der Waals surface area (Å²) < 4.78 is 0. The Bertz CT molecular complexity index is 965. The first-order valence-corrected chi connectivity index (χ1v) is 11.3. The molecule has 1 aromatic rings. The van der Waals surface area contributed by atoms with E-state index >= 15 is 0 Å². The van der Waals surface area contributed by atoms with E-state index in [0.29, 0.717) is 24.4 Å². The number of amides is 3. The summed E-state index contributed by atoms with van der Waals surface area (Å²) in [5.74, 6) is -1.27. The number of pyridine rings is 1. The van der Waals surface area contributed by atoms with Crippen molar-refractivity contribution < 1.29 is 14.4 Å². The Morgan fingerprint density at radius 1 is 1.22 bits per heavy atom. The van der Waals surface area contributed by atoms with Crippen molar-refractivity contribution in [2.75, 3.05) is 11.9 Å². The van der Waals surface area contributed by atoms with Gasteiger partial charge in [0.2, 0.25) is 5.91 Å². The summed E-state index contributed by atoms with van der Waals surface area (Å²) >= 11 is 0. The fourth-order valence-electron chi connectivity index (χ4n) is 5.64. The molecule has 2 fully saturated rings. The number of carbonyl (C=O) groups is 3. The van der Waals surface area contributed by atoms with Crippen molar-refractivity contribution in [1.29, 1.82) is 0 Å². The summed E-state index contributed by atoms with van der Waals surface area (Å²) in [5, 5.41) is 6.87. The summed E-state index contributed by atoms with van der Waals surface area (Å²) in [4.78, 5) is 43.6. The first-order valence-electron chi connectivity index (χ1n) is 11.3. The summed E-state index contributed by atoms with van der Waals surface area (Å²) in [6, 6.07) is 1.79. The van der Waals surface area contributed by atoms with Gasteiger partial charge in [-0.05, 0) is 56.4 Å². The fourth-order valence-corrected chi connectivity index (χ4v) is 5.64. The molecule has 172 valence electrons.